The lowest BCUT2D eigenvalue weighted by atomic mass is 9.95. The zero-order valence-corrected chi connectivity index (χ0v) is 17.1. The maximum atomic E-state index is 12.5. The molecule has 1 saturated carbocycles. The molecule has 1 aliphatic rings. The second-order valence-corrected chi connectivity index (χ2v) is 8.11. The number of rotatable bonds is 6. The van der Waals surface area contributed by atoms with Crippen molar-refractivity contribution in [3.8, 4) is 0 Å². The van der Waals surface area contributed by atoms with Crippen LogP contribution in [0.1, 0.15) is 66.8 Å². The SMILES string of the molecule is CC(=O)c1ccccc1NC(=O)CSc1nc(C)c(C)n1C1CCCCC1. The third-order valence-corrected chi connectivity index (χ3v) is 6.16. The van der Waals surface area contributed by atoms with Crippen molar-refractivity contribution in [3.05, 3.63) is 41.2 Å². The third kappa shape index (κ3) is 4.61. The minimum Gasteiger partial charge on any atom is -0.325 e. The van der Waals surface area contributed by atoms with Crippen LogP contribution in [0.15, 0.2) is 29.4 Å². The van der Waals surface area contributed by atoms with E-state index in [0.29, 0.717) is 17.3 Å². The van der Waals surface area contributed by atoms with E-state index in [4.69, 9.17) is 4.98 Å². The molecule has 0 radical (unpaired) electrons. The highest BCUT2D eigenvalue weighted by Gasteiger charge is 2.22. The summed E-state index contributed by atoms with van der Waals surface area (Å²) in [6.07, 6.45) is 6.19. The van der Waals surface area contributed by atoms with Gasteiger partial charge in [-0.2, -0.15) is 0 Å². The quantitative estimate of drug-likeness (QED) is 0.565. The van der Waals surface area contributed by atoms with Crippen molar-refractivity contribution in [1.29, 1.82) is 0 Å². The van der Waals surface area contributed by atoms with Gasteiger partial charge < -0.3 is 9.88 Å². The minimum absolute atomic E-state index is 0.0577. The van der Waals surface area contributed by atoms with Crippen LogP contribution in [0.3, 0.4) is 0 Å². The number of amides is 1. The Morgan fingerprint density at radius 2 is 1.89 bits per heavy atom. The molecular weight excluding hydrogens is 358 g/mol. The van der Waals surface area contributed by atoms with E-state index in [2.05, 4.69) is 16.8 Å². The summed E-state index contributed by atoms with van der Waals surface area (Å²) in [5, 5.41) is 3.79. The van der Waals surface area contributed by atoms with E-state index in [1.54, 1.807) is 18.2 Å². The summed E-state index contributed by atoms with van der Waals surface area (Å²) in [5.74, 6) is 0.0920. The molecule has 0 bridgehead atoms. The normalized spacial score (nSPS) is 14.9. The molecule has 5 nitrogen and oxygen atoms in total. The summed E-state index contributed by atoms with van der Waals surface area (Å²) in [6, 6.07) is 7.60. The lowest BCUT2D eigenvalue weighted by Crippen LogP contribution is -2.18. The molecule has 1 aromatic carbocycles. The number of carbonyl (C=O) groups is 2. The highest BCUT2D eigenvalue weighted by molar-refractivity contribution is 7.99. The monoisotopic (exact) mass is 385 g/mol. The topological polar surface area (TPSA) is 64.0 Å². The van der Waals surface area contributed by atoms with Gasteiger partial charge in [-0.3, -0.25) is 9.59 Å². The van der Waals surface area contributed by atoms with E-state index in [1.807, 2.05) is 13.0 Å². The molecule has 0 aliphatic heterocycles. The Balaban J connectivity index is 1.69. The van der Waals surface area contributed by atoms with Crippen molar-refractivity contribution in [2.24, 2.45) is 0 Å². The van der Waals surface area contributed by atoms with Crippen molar-refractivity contribution in [2.45, 2.75) is 64.1 Å². The Morgan fingerprint density at radius 1 is 1.19 bits per heavy atom. The van der Waals surface area contributed by atoms with E-state index in [1.165, 1.54) is 56.5 Å². The molecule has 0 atom stereocenters. The number of nitrogens with zero attached hydrogens (tertiary/aromatic N) is 2. The number of nitrogens with one attached hydrogen (secondary N) is 1. The molecule has 1 N–H and O–H groups in total. The molecule has 0 unspecified atom stereocenters. The van der Waals surface area contributed by atoms with Crippen LogP contribution in [0.4, 0.5) is 5.69 Å². The molecule has 6 heteroatoms. The van der Waals surface area contributed by atoms with Crippen LogP contribution in [-0.4, -0.2) is 27.0 Å². The van der Waals surface area contributed by atoms with Gasteiger partial charge in [0.1, 0.15) is 0 Å². The predicted octanol–water partition coefficient (Wildman–Crippen LogP) is 4.94. The average molecular weight is 386 g/mol. The van der Waals surface area contributed by atoms with Crippen molar-refractivity contribution in [2.75, 3.05) is 11.1 Å². The van der Waals surface area contributed by atoms with E-state index in [-0.39, 0.29) is 17.4 Å². The second-order valence-electron chi connectivity index (χ2n) is 7.17. The summed E-state index contributed by atoms with van der Waals surface area (Å²) in [5.41, 5.74) is 3.34. The summed E-state index contributed by atoms with van der Waals surface area (Å²) in [6.45, 7) is 5.65. The summed E-state index contributed by atoms with van der Waals surface area (Å²) < 4.78 is 2.33. The van der Waals surface area contributed by atoms with E-state index in [9.17, 15) is 9.59 Å². The van der Waals surface area contributed by atoms with Gasteiger partial charge in [-0.05, 0) is 45.7 Å². The number of para-hydroxylation sites is 1. The molecule has 1 heterocycles. The fraction of sp³-hybridized carbons (Fsp3) is 0.476. The first-order valence-electron chi connectivity index (χ1n) is 9.55. The van der Waals surface area contributed by atoms with Crippen molar-refractivity contribution < 1.29 is 9.59 Å². The first-order chi connectivity index (χ1) is 13.0. The van der Waals surface area contributed by atoms with Crippen molar-refractivity contribution >= 4 is 29.1 Å². The Bertz CT molecular complexity index is 838. The molecular formula is C21H27N3O2S. The van der Waals surface area contributed by atoms with Crippen LogP contribution in [0.25, 0.3) is 0 Å². The minimum atomic E-state index is -0.123. The van der Waals surface area contributed by atoms with Crippen molar-refractivity contribution in [3.63, 3.8) is 0 Å². The fourth-order valence-corrected chi connectivity index (χ4v) is 4.64. The van der Waals surface area contributed by atoms with Crippen LogP contribution < -0.4 is 5.32 Å². The number of carbonyl (C=O) groups excluding carboxylic acids is 2. The smallest absolute Gasteiger partial charge is 0.234 e. The first-order valence-corrected chi connectivity index (χ1v) is 10.5. The Morgan fingerprint density at radius 3 is 2.59 bits per heavy atom. The van der Waals surface area contributed by atoms with Gasteiger partial charge in [0.2, 0.25) is 5.91 Å². The number of thioether (sulfide) groups is 1. The maximum absolute atomic E-state index is 12.5. The van der Waals surface area contributed by atoms with Crippen molar-refractivity contribution in [1.82, 2.24) is 9.55 Å². The summed E-state index contributed by atoms with van der Waals surface area (Å²) in [7, 11) is 0. The number of anilines is 1. The molecule has 1 amide bonds. The highest BCUT2D eigenvalue weighted by atomic mass is 32.2. The van der Waals surface area contributed by atoms with Gasteiger partial charge in [0.15, 0.2) is 10.9 Å². The summed E-state index contributed by atoms with van der Waals surface area (Å²) in [4.78, 5) is 28.9. The second kappa shape index (κ2) is 8.74. The van der Waals surface area contributed by atoms with Gasteiger partial charge in [-0.15, -0.1) is 0 Å². The Hall–Kier alpha value is -2.08. The van der Waals surface area contributed by atoms with Crippen LogP contribution in [0.5, 0.6) is 0 Å². The molecule has 144 valence electrons. The molecule has 1 aliphatic carbocycles. The third-order valence-electron chi connectivity index (χ3n) is 5.21. The van der Waals surface area contributed by atoms with Gasteiger partial charge >= 0.3 is 0 Å². The molecule has 3 rings (SSSR count). The molecule has 1 aromatic heterocycles. The number of Topliss-reactive ketones (excluding diaryl/α,β-unsaturated/α-hetero) is 1. The van der Waals surface area contributed by atoms with E-state index >= 15 is 0 Å². The van der Waals surface area contributed by atoms with Crippen LogP contribution in [0, 0.1) is 13.8 Å². The van der Waals surface area contributed by atoms with Crippen LogP contribution in [0.2, 0.25) is 0 Å². The largest absolute Gasteiger partial charge is 0.325 e. The molecule has 0 spiro atoms. The Labute approximate surface area is 164 Å². The predicted molar refractivity (Wildman–Crippen MR) is 110 cm³/mol. The number of aromatic nitrogens is 2. The van der Waals surface area contributed by atoms with E-state index < -0.39 is 0 Å². The number of ketones is 1. The Kier molecular flexibility index (Phi) is 6.37. The molecule has 2 aromatic rings. The summed E-state index contributed by atoms with van der Waals surface area (Å²) >= 11 is 1.47. The first kappa shape index (κ1) is 19.7. The maximum Gasteiger partial charge on any atom is 0.234 e. The number of benzene rings is 1. The number of aryl methyl sites for hydroxylation is 1. The van der Waals surface area contributed by atoms with Gasteiger partial charge in [0, 0.05) is 17.3 Å². The van der Waals surface area contributed by atoms with E-state index in [0.717, 1.165) is 10.9 Å². The highest BCUT2D eigenvalue weighted by Crippen LogP contribution is 2.34. The number of imidazole rings is 1. The zero-order chi connectivity index (χ0) is 19.4. The molecule has 27 heavy (non-hydrogen) atoms. The van der Waals surface area contributed by atoms with Gasteiger partial charge in [0.05, 0.1) is 17.1 Å². The molecule has 0 saturated heterocycles. The molecule has 1 fully saturated rings. The average Bonchev–Trinajstić information content (AvgIpc) is 2.95. The van der Waals surface area contributed by atoms with Gasteiger partial charge in [0.25, 0.3) is 0 Å². The fourth-order valence-electron chi connectivity index (χ4n) is 3.68. The van der Waals surface area contributed by atoms with Crippen LogP contribution in [-0.2, 0) is 4.79 Å². The zero-order valence-electron chi connectivity index (χ0n) is 16.2. The van der Waals surface area contributed by atoms with Gasteiger partial charge in [-0.25, -0.2) is 4.98 Å². The standard InChI is InChI=1S/C21H27N3O2S/c1-14-15(2)24(17-9-5-4-6-10-17)21(22-14)27-13-20(26)23-19-12-8-7-11-18(19)16(3)25/h7-8,11-12,17H,4-6,9-10,13H2,1-3H3,(H,23,26). The number of hydrogen-bond donors (Lipinski definition) is 1. The lowest BCUT2D eigenvalue weighted by Gasteiger charge is -2.26. The van der Waals surface area contributed by atoms with Crippen LogP contribution >= 0.6 is 11.8 Å². The number of hydrogen-bond acceptors (Lipinski definition) is 4. The lowest BCUT2D eigenvalue weighted by molar-refractivity contribution is -0.113. The van der Waals surface area contributed by atoms with Gasteiger partial charge in [-0.1, -0.05) is 43.2 Å².